The molecule has 6 nitrogen and oxygen atoms in total. The van der Waals surface area contributed by atoms with Crippen LogP contribution in [0.3, 0.4) is 0 Å². The summed E-state index contributed by atoms with van der Waals surface area (Å²) >= 11 is 1.04. The van der Waals surface area contributed by atoms with Crippen LogP contribution in [-0.2, 0) is 14.6 Å². The predicted octanol–water partition coefficient (Wildman–Crippen LogP) is 1.12. The first-order valence-electron chi connectivity index (χ1n) is 5.80. The highest BCUT2D eigenvalue weighted by Crippen LogP contribution is 2.22. The molecule has 0 radical (unpaired) electrons. The zero-order chi connectivity index (χ0) is 14.9. The molecule has 1 aromatic carbocycles. The van der Waals surface area contributed by atoms with E-state index in [4.69, 9.17) is 0 Å². The van der Waals surface area contributed by atoms with Crippen LogP contribution in [0.2, 0.25) is 0 Å². The van der Waals surface area contributed by atoms with Crippen LogP contribution in [0.5, 0.6) is 0 Å². The van der Waals surface area contributed by atoms with E-state index in [0.29, 0.717) is 10.1 Å². The predicted molar refractivity (Wildman–Crippen MR) is 77.1 cm³/mol. The molecule has 8 heteroatoms. The summed E-state index contributed by atoms with van der Waals surface area (Å²) in [4.78, 5) is 23.5. The zero-order valence-corrected chi connectivity index (χ0v) is 12.3. The van der Waals surface area contributed by atoms with Crippen LogP contribution in [0, 0.1) is 0 Å². The van der Waals surface area contributed by atoms with Crippen LogP contribution in [0.4, 0.5) is 0 Å². The van der Waals surface area contributed by atoms with E-state index in [-0.39, 0.29) is 12.2 Å². The highest BCUT2D eigenvalue weighted by molar-refractivity contribution is 7.90. The van der Waals surface area contributed by atoms with Crippen molar-refractivity contribution in [3.63, 3.8) is 0 Å². The summed E-state index contributed by atoms with van der Waals surface area (Å²) in [7, 11) is -3.28. The van der Waals surface area contributed by atoms with Gasteiger partial charge in [-0.25, -0.2) is 17.2 Å². The molecule has 108 valence electrons. The number of carboxylic acids is 1. The summed E-state index contributed by atoms with van der Waals surface area (Å²) < 4.78 is 24.2. The van der Waals surface area contributed by atoms with Gasteiger partial charge in [-0.15, -0.1) is 0 Å². The van der Waals surface area contributed by atoms with Gasteiger partial charge in [0.25, 0.3) is 5.56 Å². The molecule has 1 unspecified atom stereocenters. The highest BCUT2D eigenvalue weighted by Gasteiger charge is 2.24. The van der Waals surface area contributed by atoms with Crippen molar-refractivity contribution in [2.45, 2.75) is 12.5 Å². The summed E-state index contributed by atoms with van der Waals surface area (Å²) in [6, 6.07) is 5.66. The summed E-state index contributed by atoms with van der Waals surface area (Å²) in [5, 5.41) is 9.67. The van der Waals surface area contributed by atoms with E-state index in [0.717, 1.165) is 21.7 Å². The SMILES string of the molecule is CS(=O)(=O)CCC(C(=O)O)n1sc2ccccc2c1=O. The molecular formula is C12H13NO5S2. The maximum absolute atomic E-state index is 12.2. The standard InChI is InChI=1S/C12H13NO5S2/c1-20(17,18)7-6-9(12(15)16)13-11(14)8-4-2-3-5-10(8)19-13/h2-5,9H,6-7H2,1H3,(H,15,16). The summed E-state index contributed by atoms with van der Waals surface area (Å²) in [6.45, 7) is 0. The first-order chi connectivity index (χ1) is 9.29. The number of aliphatic carboxylic acids is 1. The second kappa shape index (κ2) is 5.37. The van der Waals surface area contributed by atoms with E-state index in [9.17, 15) is 23.1 Å². The molecule has 20 heavy (non-hydrogen) atoms. The third-order valence-electron chi connectivity index (χ3n) is 2.84. The second-order valence-corrected chi connectivity index (χ2v) is 7.77. The van der Waals surface area contributed by atoms with Gasteiger partial charge in [0.05, 0.1) is 15.8 Å². The Labute approximate surface area is 119 Å². The van der Waals surface area contributed by atoms with Crippen molar-refractivity contribution >= 4 is 37.4 Å². The minimum absolute atomic E-state index is 0.124. The van der Waals surface area contributed by atoms with Gasteiger partial charge in [-0.2, -0.15) is 0 Å². The maximum atomic E-state index is 12.2. The van der Waals surface area contributed by atoms with E-state index >= 15 is 0 Å². The van der Waals surface area contributed by atoms with Crippen LogP contribution < -0.4 is 5.56 Å². The molecule has 0 aliphatic rings. The number of sulfone groups is 1. The number of rotatable bonds is 5. The third kappa shape index (κ3) is 3.07. The molecule has 1 atom stereocenters. The van der Waals surface area contributed by atoms with Gasteiger partial charge in [0.15, 0.2) is 0 Å². The lowest BCUT2D eigenvalue weighted by Crippen LogP contribution is -2.27. The Morgan fingerprint density at radius 1 is 1.40 bits per heavy atom. The van der Waals surface area contributed by atoms with Gasteiger partial charge in [-0.3, -0.25) is 4.79 Å². The van der Waals surface area contributed by atoms with E-state index in [1.165, 1.54) is 0 Å². The Hall–Kier alpha value is -1.67. The monoisotopic (exact) mass is 315 g/mol. The van der Waals surface area contributed by atoms with Crippen molar-refractivity contribution in [1.29, 1.82) is 0 Å². The minimum atomic E-state index is -3.28. The van der Waals surface area contributed by atoms with Gasteiger partial charge in [-0.05, 0) is 18.6 Å². The summed E-state index contributed by atoms with van der Waals surface area (Å²) in [6.07, 6.45) is 0.917. The van der Waals surface area contributed by atoms with Crippen molar-refractivity contribution in [3.05, 3.63) is 34.6 Å². The van der Waals surface area contributed by atoms with Gasteiger partial charge < -0.3 is 5.11 Å². The van der Waals surface area contributed by atoms with E-state index in [1.54, 1.807) is 24.3 Å². The topological polar surface area (TPSA) is 93.4 Å². The van der Waals surface area contributed by atoms with Crippen molar-refractivity contribution < 1.29 is 18.3 Å². The lowest BCUT2D eigenvalue weighted by molar-refractivity contribution is -0.140. The summed E-state index contributed by atoms with van der Waals surface area (Å²) in [5.74, 6) is -1.48. The van der Waals surface area contributed by atoms with Gasteiger partial charge in [-0.1, -0.05) is 23.7 Å². The molecule has 0 spiro atoms. The average Bonchev–Trinajstić information content (AvgIpc) is 2.66. The number of benzene rings is 1. The normalized spacial score (nSPS) is 13.4. The number of aromatic nitrogens is 1. The Morgan fingerprint density at radius 2 is 2.05 bits per heavy atom. The summed E-state index contributed by atoms with van der Waals surface area (Å²) in [5.41, 5.74) is -0.397. The molecule has 1 N–H and O–H groups in total. The lowest BCUT2D eigenvalue weighted by atomic mass is 10.2. The van der Waals surface area contributed by atoms with Crippen molar-refractivity contribution in [2.75, 3.05) is 12.0 Å². The molecule has 0 aliphatic carbocycles. The van der Waals surface area contributed by atoms with Crippen LogP contribution in [0.1, 0.15) is 12.5 Å². The van der Waals surface area contributed by atoms with Gasteiger partial charge in [0, 0.05) is 6.26 Å². The fourth-order valence-electron chi connectivity index (χ4n) is 1.86. The second-order valence-electron chi connectivity index (χ2n) is 4.49. The zero-order valence-electron chi connectivity index (χ0n) is 10.6. The first kappa shape index (κ1) is 14.7. The van der Waals surface area contributed by atoms with Gasteiger partial charge in [0.1, 0.15) is 15.9 Å². The maximum Gasteiger partial charge on any atom is 0.327 e. The number of carbonyl (C=O) groups is 1. The molecular weight excluding hydrogens is 302 g/mol. The van der Waals surface area contributed by atoms with Crippen molar-refractivity contribution in [1.82, 2.24) is 3.96 Å². The number of carboxylic acid groups (broad SMARTS) is 1. The quantitative estimate of drug-likeness (QED) is 0.892. The van der Waals surface area contributed by atoms with Crippen LogP contribution in [-0.4, -0.2) is 35.5 Å². The Morgan fingerprint density at radius 3 is 2.60 bits per heavy atom. The van der Waals surface area contributed by atoms with E-state index in [2.05, 4.69) is 0 Å². The molecule has 2 rings (SSSR count). The Balaban J connectivity index is 2.44. The molecule has 0 amide bonds. The van der Waals surface area contributed by atoms with E-state index in [1.807, 2.05) is 0 Å². The van der Waals surface area contributed by atoms with E-state index < -0.39 is 27.4 Å². The van der Waals surface area contributed by atoms with Crippen LogP contribution >= 0.6 is 11.5 Å². The third-order valence-corrected chi connectivity index (χ3v) is 4.99. The first-order valence-corrected chi connectivity index (χ1v) is 8.64. The molecule has 0 fully saturated rings. The Kier molecular flexibility index (Phi) is 3.96. The molecule has 2 aromatic rings. The lowest BCUT2D eigenvalue weighted by Gasteiger charge is -2.11. The number of hydrogen-bond donors (Lipinski definition) is 1. The molecule has 0 aliphatic heterocycles. The van der Waals surface area contributed by atoms with Crippen LogP contribution in [0.15, 0.2) is 29.1 Å². The van der Waals surface area contributed by atoms with Gasteiger partial charge in [0.2, 0.25) is 0 Å². The molecule has 0 bridgehead atoms. The smallest absolute Gasteiger partial charge is 0.327 e. The Bertz CT molecular complexity index is 803. The van der Waals surface area contributed by atoms with Gasteiger partial charge >= 0.3 is 5.97 Å². The fraction of sp³-hybridized carbons (Fsp3) is 0.333. The highest BCUT2D eigenvalue weighted by atomic mass is 32.2. The van der Waals surface area contributed by atoms with Crippen LogP contribution in [0.25, 0.3) is 10.1 Å². The average molecular weight is 315 g/mol. The molecule has 1 heterocycles. The number of hydrogen-bond acceptors (Lipinski definition) is 5. The number of nitrogens with zero attached hydrogens (tertiary/aromatic N) is 1. The fourth-order valence-corrected chi connectivity index (χ4v) is 3.62. The molecule has 0 saturated heterocycles. The molecule has 1 aromatic heterocycles. The van der Waals surface area contributed by atoms with Crippen molar-refractivity contribution in [3.8, 4) is 0 Å². The molecule has 0 saturated carbocycles. The largest absolute Gasteiger partial charge is 0.480 e. The minimum Gasteiger partial charge on any atom is -0.480 e. The van der Waals surface area contributed by atoms with Crippen molar-refractivity contribution in [2.24, 2.45) is 0 Å². The number of fused-ring (bicyclic) bond motifs is 1.